The molecule has 1 aromatic carbocycles. The van der Waals surface area contributed by atoms with Gasteiger partial charge < -0.3 is 20.8 Å². The predicted octanol–water partition coefficient (Wildman–Crippen LogP) is -1.18. The van der Waals surface area contributed by atoms with Crippen molar-refractivity contribution in [2.75, 3.05) is 18.8 Å². The molecule has 0 aliphatic carbocycles. The van der Waals surface area contributed by atoms with Gasteiger partial charge in [-0.15, -0.1) is 0 Å². The Balaban J connectivity index is 3.12. The molecule has 0 radical (unpaired) electrons. The first-order chi connectivity index (χ1) is 16.4. The minimum atomic E-state index is -3.51. The van der Waals surface area contributed by atoms with Crippen LogP contribution in [-0.2, 0) is 19.2 Å². The maximum atomic E-state index is 12.4. The maximum Gasteiger partial charge on any atom is 0.440 e. The molecule has 16 nitrogen and oxygen atoms in total. The zero-order valence-electron chi connectivity index (χ0n) is 17.9. The number of benzene rings is 1. The van der Waals surface area contributed by atoms with Crippen LogP contribution in [0.25, 0.3) is 0 Å². The molecule has 1 rings (SSSR count). The number of amides is 2. The van der Waals surface area contributed by atoms with Gasteiger partial charge in [0.25, 0.3) is 0 Å². The molecule has 0 saturated heterocycles. The highest BCUT2D eigenvalue weighted by Gasteiger charge is 2.63. The summed E-state index contributed by atoms with van der Waals surface area (Å²) in [6.45, 7) is -2.06. The minimum Gasteiger partial charge on any atom is -0.480 e. The van der Waals surface area contributed by atoms with Crippen molar-refractivity contribution >= 4 is 42.2 Å². The van der Waals surface area contributed by atoms with E-state index in [4.69, 9.17) is 5.11 Å². The molecule has 0 bridgehead atoms. The summed E-state index contributed by atoms with van der Waals surface area (Å²) in [5.41, 5.74) is -3.57. The normalized spacial score (nSPS) is 12.9. The monoisotopic (exact) mass is 515 g/mol. The molecular formula is C18H21N5O11S. The summed E-state index contributed by atoms with van der Waals surface area (Å²) in [7, 11) is 0. The molecule has 0 aromatic heterocycles. The van der Waals surface area contributed by atoms with E-state index in [2.05, 4.69) is 17.9 Å². The van der Waals surface area contributed by atoms with E-state index in [9.17, 15) is 49.3 Å². The Labute approximate surface area is 201 Å². The predicted molar refractivity (Wildman–Crippen MR) is 117 cm³/mol. The van der Waals surface area contributed by atoms with E-state index in [-0.39, 0.29) is 16.3 Å². The number of rotatable bonds is 15. The molecule has 0 spiro atoms. The van der Waals surface area contributed by atoms with Crippen molar-refractivity contribution in [1.82, 2.24) is 15.6 Å². The average Bonchev–Trinajstić information content (AvgIpc) is 2.80. The van der Waals surface area contributed by atoms with Crippen LogP contribution in [0.5, 0.6) is 0 Å². The number of carboxylic acid groups (broad SMARTS) is 2. The van der Waals surface area contributed by atoms with Crippen molar-refractivity contribution in [2.24, 2.45) is 0 Å². The van der Waals surface area contributed by atoms with Crippen LogP contribution in [-0.4, -0.2) is 85.3 Å². The van der Waals surface area contributed by atoms with Gasteiger partial charge >= 0.3 is 17.6 Å². The molecule has 2 atom stereocenters. The molecule has 0 aliphatic rings. The van der Waals surface area contributed by atoms with Crippen LogP contribution in [0.15, 0.2) is 30.3 Å². The Kier molecular flexibility index (Phi) is 10.5. The van der Waals surface area contributed by atoms with Crippen LogP contribution in [0.1, 0.15) is 23.2 Å². The number of hydrogen-bond donors (Lipinski definition) is 5. The van der Waals surface area contributed by atoms with Gasteiger partial charge in [-0.3, -0.25) is 29.3 Å². The molecule has 0 unspecified atom stereocenters. The number of carboxylic acids is 2. The highest BCUT2D eigenvalue weighted by Crippen LogP contribution is 2.24. The highest BCUT2D eigenvalue weighted by atomic mass is 32.1. The number of hydrogen-bond acceptors (Lipinski definition) is 10. The molecule has 0 saturated carbocycles. The van der Waals surface area contributed by atoms with E-state index in [0.717, 1.165) is 0 Å². The van der Waals surface area contributed by atoms with Crippen LogP contribution < -0.4 is 10.6 Å². The molecule has 0 heterocycles. The standard InChI is InChI=1S/C18H21N5O11S/c24-13(11-4-2-1-3-5-11)9-21(23(33)34)18(17(29)30,22(31)32)7-6-14(25)20-12(10-35)16(28)19-8-15(26)27/h1-5,12,35H,6-10H2,(H,19,28)(H,20,25)(H,26,27)(H,29,30)/t12-,18+/m0/s1. The number of thiol groups is 1. The number of nitrogens with one attached hydrogen (secondary N) is 2. The van der Waals surface area contributed by atoms with Crippen LogP contribution in [0.3, 0.4) is 0 Å². The summed E-state index contributed by atoms with van der Waals surface area (Å²) in [6, 6.07) is 5.56. The van der Waals surface area contributed by atoms with Crippen molar-refractivity contribution in [3.05, 3.63) is 56.1 Å². The van der Waals surface area contributed by atoms with E-state index in [0.29, 0.717) is 0 Å². The number of carbonyl (C=O) groups excluding carboxylic acids is 3. The van der Waals surface area contributed by atoms with Gasteiger partial charge in [-0.05, 0) is 5.01 Å². The molecule has 0 aliphatic heterocycles. The van der Waals surface area contributed by atoms with Gasteiger partial charge in [0, 0.05) is 17.7 Å². The quantitative estimate of drug-likeness (QED) is 0.0609. The summed E-state index contributed by atoms with van der Waals surface area (Å²) >= 11 is 3.84. The number of hydrazine groups is 1. The largest absolute Gasteiger partial charge is 0.480 e. The van der Waals surface area contributed by atoms with Crippen LogP contribution >= 0.6 is 12.6 Å². The number of nitrogens with zero attached hydrogens (tertiary/aromatic N) is 3. The summed E-state index contributed by atoms with van der Waals surface area (Å²) in [4.78, 5) is 81.0. The van der Waals surface area contributed by atoms with Gasteiger partial charge in [-0.1, -0.05) is 30.3 Å². The third kappa shape index (κ3) is 7.63. The van der Waals surface area contributed by atoms with Gasteiger partial charge in [0.05, 0.1) is 11.3 Å². The molecule has 17 heteroatoms. The Hall–Kier alpha value is -4.28. The van der Waals surface area contributed by atoms with Gasteiger partial charge in [-0.2, -0.15) is 12.6 Å². The van der Waals surface area contributed by atoms with Crippen molar-refractivity contribution in [3.63, 3.8) is 0 Å². The van der Waals surface area contributed by atoms with E-state index in [1.54, 1.807) is 6.07 Å². The molecule has 1 aromatic rings. The van der Waals surface area contributed by atoms with Crippen molar-refractivity contribution in [3.8, 4) is 0 Å². The fourth-order valence-corrected chi connectivity index (χ4v) is 3.08. The second-order valence-corrected chi connectivity index (χ2v) is 7.24. The molecular weight excluding hydrogens is 494 g/mol. The third-order valence-electron chi connectivity index (χ3n) is 4.61. The van der Waals surface area contributed by atoms with Crippen LogP contribution in [0, 0.1) is 20.2 Å². The lowest BCUT2D eigenvalue weighted by Crippen LogP contribution is -2.63. The molecule has 35 heavy (non-hydrogen) atoms. The fraction of sp³-hybridized carbons (Fsp3) is 0.389. The lowest BCUT2D eigenvalue weighted by atomic mass is 10.0. The smallest absolute Gasteiger partial charge is 0.440 e. The van der Waals surface area contributed by atoms with Crippen LogP contribution in [0.4, 0.5) is 0 Å². The molecule has 4 N–H and O–H groups in total. The van der Waals surface area contributed by atoms with Crippen molar-refractivity contribution in [1.29, 1.82) is 0 Å². The van der Waals surface area contributed by atoms with Crippen molar-refractivity contribution < 1.29 is 44.1 Å². The van der Waals surface area contributed by atoms with E-state index in [1.165, 1.54) is 24.3 Å². The number of nitro groups is 2. The number of ketones is 1. The lowest BCUT2D eigenvalue weighted by molar-refractivity contribution is -0.748. The zero-order valence-corrected chi connectivity index (χ0v) is 18.8. The van der Waals surface area contributed by atoms with Gasteiger partial charge in [0.15, 0.2) is 17.4 Å². The summed E-state index contributed by atoms with van der Waals surface area (Å²) < 4.78 is 0. The van der Waals surface area contributed by atoms with Gasteiger partial charge in [-0.25, -0.2) is 14.9 Å². The number of Topliss-reactive ketones (excluding diaryl/α,β-unsaturated/α-hetero) is 1. The average molecular weight is 515 g/mol. The topological polar surface area (TPSA) is 239 Å². The first kappa shape index (κ1) is 28.8. The highest BCUT2D eigenvalue weighted by molar-refractivity contribution is 7.80. The van der Waals surface area contributed by atoms with Crippen LogP contribution in [0.2, 0.25) is 0 Å². The third-order valence-corrected chi connectivity index (χ3v) is 4.97. The first-order valence-corrected chi connectivity index (χ1v) is 10.3. The fourth-order valence-electron chi connectivity index (χ4n) is 2.82. The van der Waals surface area contributed by atoms with E-state index >= 15 is 0 Å². The zero-order chi connectivity index (χ0) is 26.8. The van der Waals surface area contributed by atoms with Gasteiger partial charge in [0.1, 0.15) is 12.6 Å². The summed E-state index contributed by atoms with van der Waals surface area (Å²) in [5, 5.41) is 43.8. The second kappa shape index (κ2) is 12.8. The van der Waals surface area contributed by atoms with Crippen molar-refractivity contribution in [2.45, 2.75) is 24.5 Å². The maximum absolute atomic E-state index is 12.4. The first-order valence-electron chi connectivity index (χ1n) is 9.64. The number of carbonyl (C=O) groups is 5. The molecule has 190 valence electrons. The summed E-state index contributed by atoms with van der Waals surface area (Å²) in [5.74, 6) is -7.02. The molecule has 2 amide bonds. The lowest BCUT2D eigenvalue weighted by Gasteiger charge is -2.26. The Morgan fingerprint density at radius 1 is 1.09 bits per heavy atom. The Morgan fingerprint density at radius 2 is 1.69 bits per heavy atom. The SMILES string of the molecule is O=C(O)CNC(=O)[C@H](CS)NC(=O)CC[C@@](C(=O)O)(N(CC(=O)c1ccccc1)[N+](=O)[O-])[N+](=O)[O-]. The Bertz CT molecular complexity index is 990. The van der Waals surface area contributed by atoms with E-state index < -0.39 is 77.1 Å². The second-order valence-electron chi connectivity index (χ2n) is 6.88. The van der Waals surface area contributed by atoms with E-state index in [1.807, 2.05) is 5.32 Å². The minimum absolute atomic E-state index is 0.0660. The molecule has 0 fully saturated rings. The summed E-state index contributed by atoms with van der Waals surface area (Å²) in [6.07, 6.45) is -2.23. The Morgan fingerprint density at radius 3 is 2.14 bits per heavy atom. The number of aliphatic carboxylic acids is 2. The van der Waals surface area contributed by atoms with Gasteiger partial charge in [0.2, 0.25) is 11.8 Å².